The van der Waals surface area contributed by atoms with Crippen LogP contribution < -0.4 is 0 Å². The van der Waals surface area contributed by atoms with Crippen molar-refractivity contribution in [2.45, 2.75) is 106 Å². The molecule has 0 aliphatic rings. The summed E-state index contributed by atoms with van der Waals surface area (Å²) in [5.41, 5.74) is -0.974. The van der Waals surface area contributed by atoms with Gasteiger partial charge in [0.15, 0.2) is 5.41 Å². The number of hydrogen-bond donors (Lipinski definition) is 0. The van der Waals surface area contributed by atoms with Gasteiger partial charge in [-0.2, -0.15) is 0 Å². The molecule has 0 aromatic heterocycles. The third kappa shape index (κ3) is 10.2. The third-order valence-electron chi connectivity index (χ3n) is 5.18. The molecule has 0 aromatic carbocycles. The maximum absolute atomic E-state index is 12.7. The number of carbonyl (C=O) groups is 2. The summed E-state index contributed by atoms with van der Waals surface area (Å²) in [5, 5.41) is 0. The maximum atomic E-state index is 12.7. The van der Waals surface area contributed by atoms with Gasteiger partial charge in [-0.05, 0) is 37.0 Å². The van der Waals surface area contributed by atoms with Gasteiger partial charge in [-0.1, -0.05) is 80.6 Å². The molecule has 1 unspecified atom stereocenters. The number of ether oxygens (including phenoxy) is 2. The molecule has 160 valence electrons. The van der Waals surface area contributed by atoms with Crippen molar-refractivity contribution in [3.63, 3.8) is 0 Å². The van der Waals surface area contributed by atoms with E-state index in [2.05, 4.69) is 34.6 Å². The van der Waals surface area contributed by atoms with Crippen molar-refractivity contribution >= 4 is 11.9 Å². The molecule has 0 radical (unpaired) electrons. The zero-order valence-corrected chi connectivity index (χ0v) is 19.0. The van der Waals surface area contributed by atoms with E-state index in [0.717, 1.165) is 19.3 Å². The Morgan fingerprint density at radius 3 is 1.85 bits per heavy atom. The van der Waals surface area contributed by atoms with Crippen LogP contribution >= 0.6 is 0 Å². The summed E-state index contributed by atoms with van der Waals surface area (Å²) in [5.74, 6) is -0.588. The summed E-state index contributed by atoms with van der Waals surface area (Å²) in [6.07, 6.45) is 8.59. The minimum Gasteiger partial charge on any atom is -0.465 e. The van der Waals surface area contributed by atoms with E-state index >= 15 is 0 Å². The summed E-state index contributed by atoms with van der Waals surface area (Å²) in [6, 6.07) is 0. The first-order valence-corrected chi connectivity index (χ1v) is 11.0. The van der Waals surface area contributed by atoms with Crippen molar-refractivity contribution in [3.8, 4) is 0 Å². The molecule has 4 heteroatoms. The minimum atomic E-state index is -1.16. The number of unbranched alkanes of at least 4 members (excludes halogenated alkanes) is 5. The molecule has 0 saturated carbocycles. The van der Waals surface area contributed by atoms with Gasteiger partial charge in [0.05, 0.1) is 13.2 Å². The Kier molecular flexibility index (Phi) is 12.7. The Morgan fingerprint density at radius 2 is 1.33 bits per heavy atom. The zero-order valence-electron chi connectivity index (χ0n) is 19.0. The lowest BCUT2D eigenvalue weighted by molar-refractivity contribution is -0.174. The van der Waals surface area contributed by atoms with Crippen LogP contribution in [0.15, 0.2) is 0 Å². The van der Waals surface area contributed by atoms with Gasteiger partial charge in [-0.25, -0.2) is 0 Å². The standard InChI is InChI=1S/C23H44O4/c1-8-11-12-13-14-15-16-26-20(24)23(9-2,10-3)21(25)27-18-19(4)17-22(5,6)7/h19H,8-18H2,1-7H3. The third-order valence-corrected chi connectivity index (χ3v) is 5.18. The van der Waals surface area contributed by atoms with Gasteiger partial charge >= 0.3 is 11.9 Å². The van der Waals surface area contributed by atoms with E-state index in [0.29, 0.717) is 26.1 Å². The average molecular weight is 385 g/mol. The minimum absolute atomic E-state index is 0.189. The Balaban J connectivity index is 4.52. The quantitative estimate of drug-likeness (QED) is 0.200. The van der Waals surface area contributed by atoms with Crippen LogP contribution in [0.1, 0.15) is 106 Å². The topological polar surface area (TPSA) is 52.6 Å². The first-order chi connectivity index (χ1) is 12.6. The molecule has 1 atom stereocenters. The molecule has 0 aliphatic heterocycles. The molecule has 0 rings (SSSR count). The van der Waals surface area contributed by atoms with Crippen LogP contribution in [0, 0.1) is 16.7 Å². The Hall–Kier alpha value is -1.06. The van der Waals surface area contributed by atoms with Crippen molar-refractivity contribution in [1.82, 2.24) is 0 Å². The molecule has 0 saturated heterocycles. The van der Waals surface area contributed by atoms with Crippen LogP contribution in [0.25, 0.3) is 0 Å². The highest BCUT2D eigenvalue weighted by atomic mass is 16.6. The number of esters is 2. The van der Waals surface area contributed by atoms with Crippen LogP contribution in [-0.4, -0.2) is 25.2 Å². The summed E-state index contributed by atoms with van der Waals surface area (Å²) in [4.78, 5) is 25.4. The van der Waals surface area contributed by atoms with Crippen molar-refractivity contribution in [1.29, 1.82) is 0 Å². The van der Waals surface area contributed by atoms with E-state index in [4.69, 9.17) is 9.47 Å². The largest absolute Gasteiger partial charge is 0.465 e. The maximum Gasteiger partial charge on any atom is 0.323 e. The van der Waals surface area contributed by atoms with E-state index in [1.165, 1.54) is 25.7 Å². The highest BCUT2D eigenvalue weighted by Crippen LogP contribution is 2.31. The van der Waals surface area contributed by atoms with Gasteiger partial charge in [0, 0.05) is 0 Å². The summed E-state index contributed by atoms with van der Waals surface area (Å²) in [6.45, 7) is 15.2. The second-order valence-electron chi connectivity index (χ2n) is 9.16. The van der Waals surface area contributed by atoms with Crippen LogP contribution in [0.5, 0.6) is 0 Å². The van der Waals surface area contributed by atoms with Crippen LogP contribution in [-0.2, 0) is 19.1 Å². The Bertz CT molecular complexity index is 419. The van der Waals surface area contributed by atoms with Gasteiger partial charge in [-0.15, -0.1) is 0 Å². The number of carbonyl (C=O) groups excluding carboxylic acids is 2. The van der Waals surface area contributed by atoms with Gasteiger partial charge in [0.1, 0.15) is 0 Å². The van der Waals surface area contributed by atoms with E-state index in [-0.39, 0.29) is 11.3 Å². The molecule has 0 bridgehead atoms. The fourth-order valence-electron chi connectivity index (χ4n) is 3.56. The molecular weight excluding hydrogens is 340 g/mol. The molecule has 27 heavy (non-hydrogen) atoms. The highest BCUT2D eigenvalue weighted by Gasteiger charge is 2.46. The van der Waals surface area contributed by atoms with Crippen LogP contribution in [0.3, 0.4) is 0 Å². The van der Waals surface area contributed by atoms with E-state index < -0.39 is 17.4 Å². The second kappa shape index (κ2) is 13.2. The molecule has 0 heterocycles. The van der Waals surface area contributed by atoms with Crippen molar-refractivity contribution in [3.05, 3.63) is 0 Å². The zero-order chi connectivity index (χ0) is 20.9. The van der Waals surface area contributed by atoms with Gasteiger partial charge in [0.25, 0.3) is 0 Å². The number of rotatable bonds is 14. The number of hydrogen-bond acceptors (Lipinski definition) is 4. The monoisotopic (exact) mass is 384 g/mol. The summed E-state index contributed by atoms with van der Waals surface area (Å²) >= 11 is 0. The first kappa shape index (κ1) is 25.9. The predicted molar refractivity (Wildman–Crippen MR) is 112 cm³/mol. The molecule has 4 nitrogen and oxygen atoms in total. The van der Waals surface area contributed by atoms with Gasteiger partial charge < -0.3 is 9.47 Å². The molecular formula is C23H44O4. The molecule has 0 amide bonds. The summed E-state index contributed by atoms with van der Waals surface area (Å²) in [7, 11) is 0. The second-order valence-corrected chi connectivity index (χ2v) is 9.16. The van der Waals surface area contributed by atoms with Crippen molar-refractivity contribution in [2.75, 3.05) is 13.2 Å². The normalized spacial score (nSPS) is 13.3. The summed E-state index contributed by atoms with van der Waals surface area (Å²) < 4.78 is 11.0. The van der Waals surface area contributed by atoms with Gasteiger partial charge in [-0.3, -0.25) is 9.59 Å². The Morgan fingerprint density at radius 1 is 0.815 bits per heavy atom. The van der Waals surface area contributed by atoms with Crippen LogP contribution in [0.2, 0.25) is 0 Å². The van der Waals surface area contributed by atoms with Crippen LogP contribution in [0.4, 0.5) is 0 Å². The predicted octanol–water partition coefficient (Wildman–Crippen LogP) is 6.31. The van der Waals surface area contributed by atoms with E-state index in [1.807, 2.05) is 13.8 Å². The van der Waals surface area contributed by atoms with E-state index in [1.54, 1.807) is 0 Å². The lowest BCUT2D eigenvalue weighted by atomic mass is 9.82. The van der Waals surface area contributed by atoms with E-state index in [9.17, 15) is 9.59 Å². The fourth-order valence-corrected chi connectivity index (χ4v) is 3.56. The van der Waals surface area contributed by atoms with Crippen molar-refractivity contribution in [2.24, 2.45) is 16.7 Å². The lowest BCUT2D eigenvalue weighted by Crippen LogP contribution is -2.41. The Labute approximate surface area is 167 Å². The fraction of sp³-hybridized carbons (Fsp3) is 0.913. The molecule has 0 N–H and O–H groups in total. The molecule has 0 spiro atoms. The molecule has 0 fully saturated rings. The van der Waals surface area contributed by atoms with Crippen molar-refractivity contribution < 1.29 is 19.1 Å². The SMILES string of the molecule is CCCCCCCCOC(=O)C(CC)(CC)C(=O)OCC(C)CC(C)(C)C. The smallest absolute Gasteiger partial charge is 0.323 e. The average Bonchev–Trinajstić information content (AvgIpc) is 2.59. The lowest BCUT2D eigenvalue weighted by Gasteiger charge is -2.28. The highest BCUT2D eigenvalue weighted by molar-refractivity contribution is 5.99. The molecule has 0 aromatic rings. The molecule has 0 aliphatic carbocycles. The first-order valence-electron chi connectivity index (χ1n) is 11.0. The van der Waals surface area contributed by atoms with Gasteiger partial charge in [0.2, 0.25) is 0 Å².